The van der Waals surface area contributed by atoms with E-state index in [4.69, 9.17) is 0 Å². The number of fused-ring (bicyclic) bond motifs is 1. The van der Waals surface area contributed by atoms with Crippen molar-refractivity contribution in [3.63, 3.8) is 0 Å². The number of hydrogen-bond donors (Lipinski definition) is 2. The van der Waals surface area contributed by atoms with Crippen LogP contribution in [0.2, 0.25) is 0 Å². The van der Waals surface area contributed by atoms with E-state index in [1.165, 1.54) is 13.0 Å². The average Bonchev–Trinajstić information content (AvgIpc) is 2.68. The Hall–Kier alpha value is -3.43. The van der Waals surface area contributed by atoms with Gasteiger partial charge in [0.25, 0.3) is 5.56 Å². The standard InChI is InChI=1S/C24H21F4N3O3/c1-11(15-3-2-13(25)5-17(15)27)29-21(32)19(10-24-7-12(8-24)9-24)31-22(33)16-4-14(26)6-18(28)20(16)30-23(31)34/h2-6,11-12,19H,7-10H2,1H3,(H,29,32)(H,30,34)/t11-,12?,19+,24?/m1/s1. The van der Waals surface area contributed by atoms with Crippen LogP contribution in [0.25, 0.3) is 10.9 Å². The Morgan fingerprint density at radius 1 is 1.09 bits per heavy atom. The molecule has 2 aromatic carbocycles. The lowest BCUT2D eigenvalue weighted by Gasteiger charge is -2.63. The lowest BCUT2D eigenvalue weighted by Crippen LogP contribution is -2.55. The number of hydrogen-bond acceptors (Lipinski definition) is 3. The maximum Gasteiger partial charge on any atom is 0.329 e. The molecule has 1 amide bonds. The highest BCUT2D eigenvalue weighted by Gasteiger charge is 2.57. The number of rotatable bonds is 6. The van der Waals surface area contributed by atoms with Crippen LogP contribution in [-0.4, -0.2) is 15.5 Å². The van der Waals surface area contributed by atoms with Gasteiger partial charge >= 0.3 is 5.69 Å². The number of nitrogens with zero attached hydrogens (tertiary/aromatic N) is 1. The van der Waals surface area contributed by atoms with Gasteiger partial charge in [0.05, 0.1) is 16.9 Å². The van der Waals surface area contributed by atoms with E-state index < -0.39 is 63.4 Å². The van der Waals surface area contributed by atoms with Gasteiger partial charge in [0.2, 0.25) is 5.91 Å². The minimum atomic E-state index is -1.28. The predicted octanol–water partition coefficient (Wildman–Crippen LogP) is 3.85. The van der Waals surface area contributed by atoms with Crippen molar-refractivity contribution in [2.75, 3.05) is 0 Å². The molecular weight excluding hydrogens is 454 g/mol. The van der Waals surface area contributed by atoms with Crippen LogP contribution in [0.5, 0.6) is 0 Å². The molecule has 10 heteroatoms. The Balaban J connectivity index is 1.55. The molecular formula is C24H21F4N3O3. The van der Waals surface area contributed by atoms with E-state index in [-0.39, 0.29) is 17.4 Å². The predicted molar refractivity (Wildman–Crippen MR) is 115 cm³/mol. The number of aromatic amines is 1. The molecule has 3 fully saturated rings. The lowest BCUT2D eigenvalue weighted by atomic mass is 9.43. The van der Waals surface area contributed by atoms with Crippen LogP contribution in [0.1, 0.15) is 50.3 Å². The summed E-state index contributed by atoms with van der Waals surface area (Å²) >= 11 is 0. The summed E-state index contributed by atoms with van der Waals surface area (Å²) in [5.74, 6) is -3.88. The van der Waals surface area contributed by atoms with Crippen LogP contribution >= 0.6 is 0 Å². The number of benzene rings is 2. The monoisotopic (exact) mass is 475 g/mol. The molecule has 3 aliphatic carbocycles. The first kappa shape index (κ1) is 22.4. The summed E-state index contributed by atoms with van der Waals surface area (Å²) < 4.78 is 56.2. The van der Waals surface area contributed by atoms with Gasteiger partial charge in [0.15, 0.2) is 5.82 Å². The smallest absolute Gasteiger partial charge is 0.329 e. The van der Waals surface area contributed by atoms with Gasteiger partial charge in [0.1, 0.15) is 23.5 Å². The van der Waals surface area contributed by atoms with Crippen LogP contribution in [0.3, 0.4) is 0 Å². The second-order valence-corrected chi connectivity index (χ2v) is 9.51. The largest absolute Gasteiger partial charge is 0.348 e. The highest BCUT2D eigenvalue weighted by molar-refractivity contribution is 5.82. The van der Waals surface area contributed by atoms with Crippen LogP contribution < -0.4 is 16.6 Å². The number of H-pyrrole nitrogens is 1. The molecule has 1 aromatic heterocycles. The Bertz CT molecular complexity index is 1430. The zero-order chi connectivity index (χ0) is 24.4. The first-order chi connectivity index (χ1) is 16.1. The molecule has 3 saturated carbocycles. The Kier molecular flexibility index (Phi) is 5.14. The molecule has 0 unspecified atom stereocenters. The SMILES string of the molecule is C[C@@H](NC(=O)[C@H](CC12CC(C1)C2)n1c(=O)[nH]c2c(F)cc(F)cc2c1=O)c1ccc(F)cc1F. The quantitative estimate of drug-likeness (QED) is 0.532. The third kappa shape index (κ3) is 3.61. The van der Waals surface area contributed by atoms with Gasteiger partial charge in [-0.2, -0.15) is 0 Å². The summed E-state index contributed by atoms with van der Waals surface area (Å²) in [5, 5.41) is 2.21. The summed E-state index contributed by atoms with van der Waals surface area (Å²) in [7, 11) is 0. The van der Waals surface area contributed by atoms with E-state index in [1.807, 2.05) is 0 Å². The van der Waals surface area contributed by atoms with E-state index in [9.17, 15) is 31.9 Å². The Morgan fingerprint density at radius 2 is 1.76 bits per heavy atom. The topological polar surface area (TPSA) is 84.0 Å². The molecule has 6 rings (SSSR count). The number of carbonyl (C=O) groups is 1. The molecule has 178 valence electrons. The first-order valence-electron chi connectivity index (χ1n) is 11.0. The first-order valence-corrected chi connectivity index (χ1v) is 11.0. The zero-order valence-electron chi connectivity index (χ0n) is 18.1. The van der Waals surface area contributed by atoms with E-state index in [2.05, 4.69) is 10.3 Å². The van der Waals surface area contributed by atoms with E-state index in [0.29, 0.717) is 22.6 Å². The van der Waals surface area contributed by atoms with Crippen LogP contribution in [-0.2, 0) is 4.79 Å². The zero-order valence-corrected chi connectivity index (χ0v) is 18.1. The Morgan fingerprint density at radius 3 is 2.38 bits per heavy atom. The van der Waals surface area contributed by atoms with Gasteiger partial charge in [-0.15, -0.1) is 0 Å². The number of carbonyl (C=O) groups excluding carboxylic acids is 1. The third-order valence-electron chi connectivity index (χ3n) is 7.15. The number of nitrogens with one attached hydrogen (secondary N) is 2. The van der Waals surface area contributed by atoms with Crippen molar-refractivity contribution >= 4 is 16.8 Å². The van der Waals surface area contributed by atoms with Gasteiger partial charge in [-0.05, 0) is 56.1 Å². The maximum atomic E-state index is 14.2. The fourth-order valence-electron chi connectivity index (χ4n) is 5.40. The minimum absolute atomic E-state index is 0.0305. The fraction of sp³-hybridized carbons (Fsp3) is 0.375. The molecule has 34 heavy (non-hydrogen) atoms. The summed E-state index contributed by atoms with van der Waals surface area (Å²) in [5.41, 5.74) is -2.60. The van der Waals surface area contributed by atoms with E-state index in [0.717, 1.165) is 31.4 Å². The second kappa shape index (κ2) is 7.82. The molecule has 0 aliphatic heterocycles. The molecule has 0 radical (unpaired) electrons. The molecule has 2 bridgehead atoms. The Labute approximate surface area is 190 Å². The average molecular weight is 475 g/mol. The highest BCUT2D eigenvalue weighted by Crippen LogP contribution is 2.67. The third-order valence-corrected chi connectivity index (χ3v) is 7.15. The van der Waals surface area contributed by atoms with Gasteiger partial charge in [-0.3, -0.25) is 9.59 Å². The number of halogens is 4. The second-order valence-electron chi connectivity index (χ2n) is 9.51. The molecule has 6 nitrogen and oxygen atoms in total. The van der Waals surface area contributed by atoms with Gasteiger partial charge in [-0.25, -0.2) is 26.9 Å². The number of aromatic nitrogens is 2. The lowest BCUT2D eigenvalue weighted by molar-refractivity contribution is -0.140. The van der Waals surface area contributed by atoms with Crippen LogP contribution in [0.4, 0.5) is 17.6 Å². The molecule has 1 heterocycles. The van der Waals surface area contributed by atoms with Crippen molar-refractivity contribution in [1.82, 2.24) is 14.9 Å². The van der Waals surface area contributed by atoms with Crippen molar-refractivity contribution in [3.05, 3.63) is 80.0 Å². The van der Waals surface area contributed by atoms with Gasteiger partial charge in [-0.1, -0.05) is 6.07 Å². The van der Waals surface area contributed by atoms with Gasteiger partial charge < -0.3 is 10.3 Å². The molecule has 2 atom stereocenters. The molecule has 0 spiro atoms. The maximum absolute atomic E-state index is 14.2. The van der Waals surface area contributed by atoms with E-state index in [1.54, 1.807) is 0 Å². The molecule has 0 saturated heterocycles. The summed E-state index contributed by atoms with van der Waals surface area (Å²) in [6.45, 7) is 1.49. The highest BCUT2D eigenvalue weighted by atomic mass is 19.1. The molecule has 3 aromatic rings. The van der Waals surface area contributed by atoms with Crippen molar-refractivity contribution in [3.8, 4) is 0 Å². The molecule has 3 aliphatic rings. The summed E-state index contributed by atoms with van der Waals surface area (Å²) in [6.07, 6.45) is 2.77. The van der Waals surface area contributed by atoms with Crippen LogP contribution in [0.15, 0.2) is 39.9 Å². The van der Waals surface area contributed by atoms with Crippen LogP contribution in [0, 0.1) is 34.6 Å². The number of amides is 1. The van der Waals surface area contributed by atoms with Gasteiger partial charge in [0, 0.05) is 17.7 Å². The van der Waals surface area contributed by atoms with Crippen molar-refractivity contribution < 1.29 is 22.4 Å². The summed E-state index contributed by atoms with van der Waals surface area (Å²) in [6, 6.07) is 2.13. The normalized spacial score (nSPS) is 22.6. The fourth-order valence-corrected chi connectivity index (χ4v) is 5.40. The summed E-state index contributed by atoms with van der Waals surface area (Å²) in [4.78, 5) is 41.6. The van der Waals surface area contributed by atoms with Crippen molar-refractivity contribution in [1.29, 1.82) is 0 Å². The van der Waals surface area contributed by atoms with Crippen molar-refractivity contribution in [2.45, 2.75) is 44.7 Å². The molecule has 2 N–H and O–H groups in total. The van der Waals surface area contributed by atoms with Crippen molar-refractivity contribution in [2.24, 2.45) is 11.3 Å². The minimum Gasteiger partial charge on any atom is -0.348 e. The van der Waals surface area contributed by atoms with E-state index >= 15 is 0 Å².